The minimum Gasteiger partial charge on any atom is -0.164 e. The molecule has 0 aromatic heterocycles. The number of hydrogen-bond acceptors (Lipinski definition) is 1. The van der Waals surface area contributed by atoms with Crippen molar-refractivity contribution in [1.82, 2.24) is 0 Å². The first-order valence-corrected chi connectivity index (χ1v) is 6.41. The van der Waals surface area contributed by atoms with E-state index in [4.69, 9.17) is 0 Å². The largest absolute Gasteiger partial charge is 0.164 e. The Morgan fingerprint density at radius 3 is 2.00 bits per heavy atom. The smallest absolute Gasteiger partial charge is 0.118 e. The number of rotatable bonds is 1. The molecule has 0 aliphatic carbocycles. The summed E-state index contributed by atoms with van der Waals surface area (Å²) in [4.78, 5) is 0. The molecule has 1 fully saturated rings. The fourth-order valence-electron chi connectivity index (χ4n) is 2.13. The Bertz CT molecular complexity index is 173. The lowest BCUT2D eigenvalue weighted by molar-refractivity contribution is 0.316. The van der Waals surface area contributed by atoms with Gasteiger partial charge < -0.3 is 0 Å². The first kappa shape index (κ1) is 11.5. The Morgan fingerprint density at radius 2 is 1.69 bits per heavy atom. The van der Waals surface area contributed by atoms with E-state index in [-0.39, 0.29) is 0 Å². The molecule has 0 nitrogen and oxygen atoms in total. The predicted octanol–water partition coefficient (Wildman–Crippen LogP) is 2.77. The van der Waals surface area contributed by atoms with Crippen molar-refractivity contribution >= 4 is 19.6 Å². The van der Waals surface area contributed by atoms with Gasteiger partial charge in [-0.1, -0.05) is 34.6 Å². The van der Waals surface area contributed by atoms with E-state index < -0.39 is 0 Å². The fraction of sp³-hybridized carbons (Fsp3) is 1.00. The summed E-state index contributed by atoms with van der Waals surface area (Å²) in [5.74, 6) is 1.80. The molecule has 2 heteroatoms. The topological polar surface area (TPSA) is 0 Å². The van der Waals surface area contributed by atoms with Crippen LogP contribution in [0.1, 0.15) is 41.0 Å². The van der Waals surface area contributed by atoms with Crippen LogP contribution in [0.15, 0.2) is 0 Å². The second-order valence-corrected chi connectivity index (χ2v) is 7.48. The Labute approximate surface area is 88.7 Å². The molecule has 1 heterocycles. The number of thioether (sulfide) groups is 1. The molecule has 0 amide bonds. The molecule has 1 aliphatic heterocycles. The van der Waals surface area contributed by atoms with E-state index in [1.54, 1.807) is 0 Å². The first-order chi connectivity index (χ1) is 5.81. The molecule has 1 rings (SSSR count). The molecular formula is C11H23BS. The van der Waals surface area contributed by atoms with Crippen molar-refractivity contribution in [2.45, 2.75) is 51.4 Å². The van der Waals surface area contributed by atoms with Crippen LogP contribution >= 0.6 is 11.8 Å². The van der Waals surface area contributed by atoms with Crippen molar-refractivity contribution in [1.29, 1.82) is 0 Å². The van der Waals surface area contributed by atoms with Crippen LogP contribution in [0.5, 0.6) is 0 Å². The van der Waals surface area contributed by atoms with E-state index in [0.29, 0.717) is 5.41 Å². The molecule has 76 valence electrons. The molecule has 0 aromatic rings. The maximum Gasteiger partial charge on any atom is 0.118 e. The van der Waals surface area contributed by atoms with Crippen molar-refractivity contribution in [2.24, 2.45) is 17.3 Å². The van der Waals surface area contributed by atoms with Gasteiger partial charge in [-0.25, -0.2) is 0 Å². The molecule has 1 saturated heterocycles. The number of hydrogen-bond donors (Lipinski definition) is 0. The van der Waals surface area contributed by atoms with Gasteiger partial charge in [0.2, 0.25) is 0 Å². The fourth-order valence-corrected chi connectivity index (χ4v) is 4.27. The summed E-state index contributed by atoms with van der Waals surface area (Å²) in [7, 11) is 2.38. The average Bonchev–Trinajstić information content (AvgIpc) is 2.15. The van der Waals surface area contributed by atoms with Gasteiger partial charge in [0.05, 0.1) is 0 Å². The van der Waals surface area contributed by atoms with Crippen LogP contribution in [-0.2, 0) is 0 Å². The van der Waals surface area contributed by atoms with Crippen LogP contribution in [-0.4, -0.2) is 18.2 Å². The van der Waals surface area contributed by atoms with Gasteiger partial charge in [-0.3, -0.25) is 0 Å². The van der Waals surface area contributed by atoms with Crippen LogP contribution in [0.4, 0.5) is 0 Å². The summed E-state index contributed by atoms with van der Waals surface area (Å²) < 4.78 is 0. The highest BCUT2D eigenvalue weighted by molar-refractivity contribution is 8.01. The molecule has 0 spiro atoms. The monoisotopic (exact) mass is 198 g/mol. The minimum atomic E-state index is 0.496. The van der Waals surface area contributed by atoms with Gasteiger partial charge >= 0.3 is 0 Å². The zero-order valence-electron chi connectivity index (χ0n) is 9.92. The van der Waals surface area contributed by atoms with Crippen molar-refractivity contribution in [2.75, 3.05) is 0 Å². The molecule has 0 bridgehead atoms. The van der Waals surface area contributed by atoms with Gasteiger partial charge in [0.25, 0.3) is 0 Å². The van der Waals surface area contributed by atoms with Crippen LogP contribution in [0.3, 0.4) is 0 Å². The van der Waals surface area contributed by atoms with Gasteiger partial charge in [0, 0.05) is 5.25 Å². The van der Waals surface area contributed by atoms with Gasteiger partial charge in [-0.2, -0.15) is 11.8 Å². The van der Waals surface area contributed by atoms with Crippen molar-refractivity contribution in [3.05, 3.63) is 0 Å². The Hall–Kier alpha value is 0.415. The lowest BCUT2D eigenvalue weighted by atomic mass is 9.78. The van der Waals surface area contributed by atoms with Gasteiger partial charge in [0.1, 0.15) is 7.85 Å². The summed E-state index contributed by atoms with van der Waals surface area (Å²) in [6, 6.07) is 0. The van der Waals surface area contributed by atoms with Gasteiger partial charge in [-0.15, -0.1) is 0 Å². The van der Waals surface area contributed by atoms with Gasteiger partial charge in [0.15, 0.2) is 0 Å². The maximum absolute atomic E-state index is 2.43. The maximum atomic E-state index is 2.43. The summed E-state index contributed by atoms with van der Waals surface area (Å²) in [5, 5.41) is 1.76. The Kier molecular flexibility index (Phi) is 3.43. The molecule has 0 saturated carbocycles. The van der Waals surface area contributed by atoms with Crippen molar-refractivity contribution in [3.8, 4) is 0 Å². The van der Waals surface area contributed by atoms with Crippen LogP contribution in [0, 0.1) is 17.3 Å². The van der Waals surface area contributed by atoms with Crippen molar-refractivity contribution < 1.29 is 0 Å². The summed E-state index contributed by atoms with van der Waals surface area (Å²) in [6.45, 7) is 11.9. The van der Waals surface area contributed by atoms with Crippen LogP contribution in [0.25, 0.3) is 0 Å². The van der Waals surface area contributed by atoms with Crippen LogP contribution in [0.2, 0.25) is 0 Å². The summed E-state index contributed by atoms with van der Waals surface area (Å²) in [5.41, 5.74) is 0.496. The highest BCUT2D eigenvalue weighted by atomic mass is 32.2. The SMILES string of the molecule is BC1SC(CC(C)(C)C)C(C)C1C. The highest BCUT2D eigenvalue weighted by Gasteiger charge is 2.37. The third-order valence-corrected chi connectivity index (χ3v) is 5.16. The van der Waals surface area contributed by atoms with E-state index in [9.17, 15) is 0 Å². The Morgan fingerprint density at radius 1 is 1.15 bits per heavy atom. The molecule has 1 aliphatic rings. The van der Waals surface area contributed by atoms with E-state index >= 15 is 0 Å². The zero-order valence-corrected chi connectivity index (χ0v) is 10.7. The zero-order chi connectivity index (χ0) is 10.2. The molecule has 0 N–H and O–H groups in total. The molecule has 0 aromatic carbocycles. The third kappa shape index (κ3) is 2.94. The van der Waals surface area contributed by atoms with Crippen molar-refractivity contribution in [3.63, 3.8) is 0 Å². The summed E-state index contributed by atoms with van der Waals surface area (Å²) >= 11 is 2.21. The van der Waals surface area contributed by atoms with Gasteiger partial charge in [-0.05, 0) is 28.8 Å². The Balaban J connectivity index is 2.54. The first-order valence-electron chi connectivity index (χ1n) is 5.47. The third-order valence-electron chi connectivity index (χ3n) is 3.36. The van der Waals surface area contributed by atoms with E-state index in [2.05, 4.69) is 54.2 Å². The quantitative estimate of drug-likeness (QED) is 0.584. The molecule has 13 heavy (non-hydrogen) atoms. The minimum absolute atomic E-state index is 0.496. The molecule has 4 unspecified atom stereocenters. The summed E-state index contributed by atoms with van der Waals surface area (Å²) in [6.07, 6.45) is 1.37. The predicted molar refractivity (Wildman–Crippen MR) is 66.1 cm³/mol. The second kappa shape index (κ2) is 3.88. The highest BCUT2D eigenvalue weighted by Crippen LogP contribution is 2.45. The van der Waals surface area contributed by atoms with Crippen LogP contribution < -0.4 is 0 Å². The lowest BCUT2D eigenvalue weighted by Crippen LogP contribution is -2.20. The molecule has 4 atom stereocenters. The molecular weight excluding hydrogens is 175 g/mol. The normalized spacial score (nSPS) is 41.0. The van der Waals surface area contributed by atoms with E-state index in [1.807, 2.05) is 0 Å². The second-order valence-electron chi connectivity index (χ2n) is 5.86. The van der Waals surface area contributed by atoms with E-state index in [1.165, 1.54) is 6.42 Å². The standard InChI is InChI=1S/C11H23BS/c1-7-8(2)10(12)13-9(7)6-11(3,4)5/h7-10H,6,12H2,1-5H3. The average molecular weight is 198 g/mol. The lowest BCUT2D eigenvalue weighted by Gasteiger charge is -2.25. The van der Waals surface area contributed by atoms with E-state index in [0.717, 1.165) is 22.2 Å². The molecule has 0 radical (unpaired) electrons.